The molecule has 0 bridgehead atoms. The number of rotatable bonds is 3. The molecule has 2 rings (SSSR count). The zero-order valence-corrected chi connectivity index (χ0v) is 14.5. The molecule has 0 saturated heterocycles. The Balaban J connectivity index is 2.32. The molecular formula is C14H13BrN2O4S. The molecule has 0 spiro atoms. The van der Waals surface area contributed by atoms with Crippen molar-refractivity contribution in [1.82, 2.24) is 5.32 Å². The van der Waals surface area contributed by atoms with Crippen molar-refractivity contribution in [2.75, 3.05) is 14.2 Å². The van der Waals surface area contributed by atoms with Crippen LogP contribution in [-0.2, 0) is 9.59 Å². The van der Waals surface area contributed by atoms with Gasteiger partial charge < -0.3 is 14.8 Å². The minimum absolute atomic E-state index is 0.273. The SMILES string of the molecule is COc1cc(OC)c(/C=C2/SC(NC(C)=O)=NC2=O)cc1Br. The third-order valence-electron chi connectivity index (χ3n) is 2.69. The number of aliphatic imine (C=N–C) groups is 1. The van der Waals surface area contributed by atoms with Crippen molar-refractivity contribution in [3.63, 3.8) is 0 Å². The van der Waals surface area contributed by atoms with Crippen molar-refractivity contribution >= 4 is 50.7 Å². The van der Waals surface area contributed by atoms with E-state index >= 15 is 0 Å². The van der Waals surface area contributed by atoms with E-state index in [4.69, 9.17) is 9.47 Å². The van der Waals surface area contributed by atoms with Crippen molar-refractivity contribution in [3.05, 3.63) is 27.1 Å². The summed E-state index contributed by atoms with van der Waals surface area (Å²) in [6, 6.07) is 3.51. The van der Waals surface area contributed by atoms with E-state index in [1.807, 2.05) is 0 Å². The zero-order valence-electron chi connectivity index (χ0n) is 12.1. The predicted molar refractivity (Wildman–Crippen MR) is 89.1 cm³/mol. The first-order valence-electron chi connectivity index (χ1n) is 6.16. The fraction of sp³-hybridized carbons (Fsp3) is 0.214. The molecule has 0 radical (unpaired) electrons. The van der Waals surface area contributed by atoms with Gasteiger partial charge in [-0.25, -0.2) is 0 Å². The highest BCUT2D eigenvalue weighted by Gasteiger charge is 2.23. The van der Waals surface area contributed by atoms with Crippen LogP contribution >= 0.6 is 27.7 Å². The molecule has 1 aliphatic heterocycles. The number of amides is 2. The maximum Gasteiger partial charge on any atom is 0.286 e. The van der Waals surface area contributed by atoms with E-state index in [1.165, 1.54) is 14.0 Å². The van der Waals surface area contributed by atoms with Crippen molar-refractivity contribution in [1.29, 1.82) is 0 Å². The second-order valence-corrected chi connectivity index (χ2v) is 6.13. The Morgan fingerprint density at radius 3 is 2.59 bits per heavy atom. The molecule has 6 nitrogen and oxygen atoms in total. The van der Waals surface area contributed by atoms with Gasteiger partial charge in [-0.2, -0.15) is 4.99 Å². The third kappa shape index (κ3) is 3.69. The molecule has 1 N–H and O–H groups in total. The van der Waals surface area contributed by atoms with Crippen LogP contribution in [0.15, 0.2) is 26.5 Å². The maximum atomic E-state index is 11.9. The molecule has 0 fully saturated rings. The average molecular weight is 385 g/mol. The number of amidine groups is 1. The first-order chi connectivity index (χ1) is 10.4. The van der Waals surface area contributed by atoms with Crippen LogP contribution in [-0.4, -0.2) is 31.2 Å². The molecular weight excluding hydrogens is 372 g/mol. The van der Waals surface area contributed by atoms with Gasteiger partial charge in [-0.05, 0) is 39.8 Å². The second kappa shape index (κ2) is 6.97. The number of hydrogen-bond acceptors (Lipinski definition) is 5. The van der Waals surface area contributed by atoms with E-state index in [1.54, 1.807) is 25.3 Å². The smallest absolute Gasteiger partial charge is 0.286 e. The number of halogens is 1. The summed E-state index contributed by atoms with van der Waals surface area (Å²) in [4.78, 5) is 27.1. The number of carbonyl (C=O) groups is 2. The number of ether oxygens (including phenoxy) is 2. The number of nitrogens with zero attached hydrogens (tertiary/aromatic N) is 1. The van der Waals surface area contributed by atoms with Gasteiger partial charge in [-0.1, -0.05) is 0 Å². The summed E-state index contributed by atoms with van der Waals surface area (Å²) in [5.74, 6) is 0.515. The Kier molecular flexibility index (Phi) is 5.25. The van der Waals surface area contributed by atoms with Gasteiger partial charge in [0.25, 0.3) is 5.91 Å². The van der Waals surface area contributed by atoms with E-state index < -0.39 is 5.91 Å². The molecule has 1 aromatic carbocycles. The number of hydrogen-bond donors (Lipinski definition) is 1. The Hall–Kier alpha value is -1.80. The van der Waals surface area contributed by atoms with E-state index in [9.17, 15) is 9.59 Å². The zero-order chi connectivity index (χ0) is 16.3. The van der Waals surface area contributed by atoms with Gasteiger partial charge in [0, 0.05) is 18.6 Å². The van der Waals surface area contributed by atoms with E-state index in [2.05, 4.69) is 26.2 Å². The van der Waals surface area contributed by atoms with E-state index in [0.717, 1.165) is 16.2 Å². The quantitative estimate of drug-likeness (QED) is 0.810. The highest BCUT2D eigenvalue weighted by molar-refractivity contribution is 9.10. The number of carbonyl (C=O) groups excluding carboxylic acids is 2. The van der Waals surface area contributed by atoms with Crippen LogP contribution in [0.25, 0.3) is 6.08 Å². The molecule has 8 heteroatoms. The van der Waals surface area contributed by atoms with Crippen LogP contribution in [0, 0.1) is 0 Å². The standard InChI is InChI=1S/C14H13BrN2O4S/c1-7(18)16-14-17-13(19)12(22-14)5-8-4-9(15)11(21-3)6-10(8)20-2/h4-6H,1-3H3,(H,16,17,18,19)/b12-5+. The summed E-state index contributed by atoms with van der Waals surface area (Å²) in [6.45, 7) is 1.36. The second-order valence-electron chi connectivity index (χ2n) is 4.24. The molecule has 1 heterocycles. The summed E-state index contributed by atoms with van der Waals surface area (Å²) in [5.41, 5.74) is 0.699. The molecule has 22 heavy (non-hydrogen) atoms. The predicted octanol–water partition coefficient (Wildman–Crippen LogP) is 2.57. The number of nitrogens with one attached hydrogen (secondary N) is 1. The lowest BCUT2D eigenvalue weighted by Crippen LogP contribution is -2.23. The van der Waals surface area contributed by atoms with Crippen molar-refractivity contribution in [3.8, 4) is 11.5 Å². The summed E-state index contributed by atoms with van der Waals surface area (Å²) >= 11 is 4.50. The molecule has 0 unspecified atom stereocenters. The first-order valence-corrected chi connectivity index (χ1v) is 7.77. The minimum atomic E-state index is -0.400. The molecule has 0 aliphatic carbocycles. The van der Waals surface area contributed by atoms with Crippen molar-refractivity contribution in [2.45, 2.75) is 6.92 Å². The third-order valence-corrected chi connectivity index (χ3v) is 4.21. The Morgan fingerprint density at radius 2 is 2.00 bits per heavy atom. The molecule has 2 amide bonds. The lowest BCUT2D eigenvalue weighted by atomic mass is 10.1. The van der Waals surface area contributed by atoms with E-state index in [-0.39, 0.29) is 11.1 Å². The summed E-state index contributed by atoms with van der Waals surface area (Å²) in [7, 11) is 3.09. The van der Waals surface area contributed by atoms with Crippen LogP contribution in [0.5, 0.6) is 11.5 Å². The summed E-state index contributed by atoms with van der Waals surface area (Å²) in [5, 5.41) is 2.77. The number of thioether (sulfide) groups is 1. The van der Waals surface area contributed by atoms with E-state index in [0.29, 0.717) is 22.0 Å². The number of benzene rings is 1. The maximum absolute atomic E-state index is 11.9. The Bertz CT molecular complexity index is 700. The average Bonchev–Trinajstić information content (AvgIpc) is 2.78. The number of methoxy groups -OCH3 is 2. The van der Waals surface area contributed by atoms with Gasteiger partial charge in [0.15, 0.2) is 5.17 Å². The van der Waals surface area contributed by atoms with Gasteiger partial charge >= 0.3 is 0 Å². The molecule has 0 saturated carbocycles. The van der Waals surface area contributed by atoms with Gasteiger partial charge in [0.1, 0.15) is 11.5 Å². The Morgan fingerprint density at radius 1 is 1.32 bits per heavy atom. The van der Waals surface area contributed by atoms with Gasteiger partial charge in [-0.15, -0.1) is 0 Å². The van der Waals surface area contributed by atoms with Crippen LogP contribution in [0.3, 0.4) is 0 Å². The summed E-state index contributed by atoms with van der Waals surface area (Å²) < 4.78 is 11.2. The molecule has 116 valence electrons. The Labute approximate surface area is 140 Å². The molecule has 1 aromatic rings. The normalized spacial score (nSPS) is 15.7. The highest BCUT2D eigenvalue weighted by atomic mass is 79.9. The van der Waals surface area contributed by atoms with Gasteiger partial charge in [0.05, 0.1) is 23.6 Å². The van der Waals surface area contributed by atoms with Crippen LogP contribution in [0.2, 0.25) is 0 Å². The first kappa shape index (κ1) is 16.6. The lowest BCUT2D eigenvalue weighted by molar-refractivity contribution is -0.117. The molecule has 0 aromatic heterocycles. The largest absolute Gasteiger partial charge is 0.496 e. The molecule has 1 aliphatic rings. The lowest BCUT2D eigenvalue weighted by Gasteiger charge is -2.10. The fourth-order valence-corrected chi connectivity index (χ4v) is 3.12. The molecule has 0 atom stereocenters. The monoisotopic (exact) mass is 384 g/mol. The van der Waals surface area contributed by atoms with Crippen molar-refractivity contribution in [2.24, 2.45) is 4.99 Å². The highest BCUT2D eigenvalue weighted by Crippen LogP contribution is 2.36. The topological polar surface area (TPSA) is 77.0 Å². The van der Waals surface area contributed by atoms with Crippen molar-refractivity contribution < 1.29 is 19.1 Å². The van der Waals surface area contributed by atoms with Gasteiger partial charge in [0.2, 0.25) is 5.91 Å². The van der Waals surface area contributed by atoms with Crippen LogP contribution < -0.4 is 14.8 Å². The van der Waals surface area contributed by atoms with Gasteiger partial charge in [-0.3, -0.25) is 9.59 Å². The summed E-state index contributed by atoms with van der Waals surface area (Å²) in [6.07, 6.45) is 1.66. The van der Waals surface area contributed by atoms with Crippen LogP contribution in [0.4, 0.5) is 0 Å². The minimum Gasteiger partial charge on any atom is -0.496 e. The van der Waals surface area contributed by atoms with Crippen LogP contribution in [0.1, 0.15) is 12.5 Å². The fourth-order valence-electron chi connectivity index (χ4n) is 1.75.